The summed E-state index contributed by atoms with van der Waals surface area (Å²) in [7, 11) is 1.58. The SMILES string of the molecule is CNC(=O)CC1CN(C(=O)C2CC(F)(F)C2)Cc2cccn2C1. The molecule has 0 saturated heterocycles. The van der Waals surface area contributed by atoms with E-state index in [9.17, 15) is 18.4 Å². The molecule has 0 aromatic carbocycles. The number of halogens is 2. The minimum atomic E-state index is -2.70. The van der Waals surface area contributed by atoms with E-state index in [1.54, 1.807) is 11.9 Å². The minimum Gasteiger partial charge on any atom is -0.359 e. The average molecular weight is 325 g/mol. The molecule has 3 rings (SSSR count). The van der Waals surface area contributed by atoms with Gasteiger partial charge in [-0.15, -0.1) is 0 Å². The number of rotatable bonds is 3. The Morgan fingerprint density at radius 3 is 2.74 bits per heavy atom. The predicted octanol–water partition coefficient (Wildman–Crippen LogP) is 1.63. The highest BCUT2D eigenvalue weighted by Gasteiger charge is 2.50. The number of nitrogens with one attached hydrogen (secondary N) is 1. The molecule has 1 aromatic heterocycles. The quantitative estimate of drug-likeness (QED) is 0.918. The van der Waals surface area contributed by atoms with E-state index >= 15 is 0 Å². The van der Waals surface area contributed by atoms with Gasteiger partial charge in [-0.05, 0) is 12.1 Å². The Morgan fingerprint density at radius 1 is 1.35 bits per heavy atom. The van der Waals surface area contributed by atoms with Gasteiger partial charge in [0.15, 0.2) is 0 Å². The third kappa shape index (κ3) is 3.38. The molecule has 1 unspecified atom stereocenters. The molecule has 1 N–H and O–H groups in total. The number of aromatic nitrogens is 1. The van der Waals surface area contributed by atoms with Crippen LogP contribution < -0.4 is 5.32 Å². The fourth-order valence-electron chi connectivity index (χ4n) is 3.43. The van der Waals surface area contributed by atoms with Gasteiger partial charge in [-0.1, -0.05) is 0 Å². The molecule has 1 aromatic rings. The summed E-state index contributed by atoms with van der Waals surface area (Å²) in [6, 6.07) is 3.83. The molecule has 0 spiro atoms. The number of carbonyl (C=O) groups is 2. The molecule has 126 valence electrons. The van der Waals surface area contributed by atoms with E-state index in [0.29, 0.717) is 26.1 Å². The molecule has 7 heteroatoms. The third-order valence-corrected chi connectivity index (χ3v) is 4.71. The highest BCUT2D eigenvalue weighted by Crippen LogP contribution is 2.43. The molecule has 5 nitrogen and oxygen atoms in total. The molecular formula is C16H21F2N3O2. The lowest BCUT2D eigenvalue weighted by Gasteiger charge is -2.37. The van der Waals surface area contributed by atoms with Crippen LogP contribution in [0.1, 0.15) is 25.0 Å². The van der Waals surface area contributed by atoms with Gasteiger partial charge in [0.05, 0.1) is 6.54 Å². The van der Waals surface area contributed by atoms with Crippen molar-refractivity contribution in [1.82, 2.24) is 14.8 Å². The zero-order valence-electron chi connectivity index (χ0n) is 13.1. The topological polar surface area (TPSA) is 54.3 Å². The van der Waals surface area contributed by atoms with Crippen LogP contribution >= 0.6 is 0 Å². The Hall–Kier alpha value is -1.92. The first-order valence-corrected chi connectivity index (χ1v) is 7.89. The van der Waals surface area contributed by atoms with Crippen molar-refractivity contribution in [3.8, 4) is 0 Å². The number of hydrogen-bond acceptors (Lipinski definition) is 2. The molecule has 23 heavy (non-hydrogen) atoms. The van der Waals surface area contributed by atoms with E-state index in [1.807, 2.05) is 22.9 Å². The lowest BCUT2D eigenvalue weighted by Crippen LogP contribution is -2.47. The summed E-state index contributed by atoms with van der Waals surface area (Å²) in [6.45, 7) is 1.49. The van der Waals surface area contributed by atoms with Crippen molar-refractivity contribution in [2.24, 2.45) is 11.8 Å². The first-order chi connectivity index (χ1) is 10.9. The van der Waals surface area contributed by atoms with Crippen LogP contribution in [0.5, 0.6) is 0 Å². The largest absolute Gasteiger partial charge is 0.359 e. The second-order valence-electron chi connectivity index (χ2n) is 6.58. The van der Waals surface area contributed by atoms with Crippen molar-refractivity contribution >= 4 is 11.8 Å². The van der Waals surface area contributed by atoms with Crippen molar-refractivity contribution in [3.63, 3.8) is 0 Å². The molecule has 1 aliphatic carbocycles. The van der Waals surface area contributed by atoms with Gasteiger partial charge in [0, 0.05) is 63.1 Å². The zero-order valence-corrected chi connectivity index (χ0v) is 13.1. The first-order valence-electron chi connectivity index (χ1n) is 7.89. The third-order valence-electron chi connectivity index (χ3n) is 4.71. The predicted molar refractivity (Wildman–Crippen MR) is 79.7 cm³/mol. The van der Waals surface area contributed by atoms with Crippen molar-refractivity contribution in [3.05, 3.63) is 24.0 Å². The maximum Gasteiger partial charge on any atom is 0.249 e. The van der Waals surface area contributed by atoms with E-state index in [2.05, 4.69) is 5.32 Å². The molecule has 0 radical (unpaired) electrons. The maximum absolute atomic E-state index is 13.1. The van der Waals surface area contributed by atoms with Gasteiger partial charge < -0.3 is 14.8 Å². The number of hydrogen-bond donors (Lipinski definition) is 1. The summed E-state index contributed by atoms with van der Waals surface area (Å²) >= 11 is 0. The van der Waals surface area contributed by atoms with Gasteiger partial charge in [0.2, 0.25) is 17.7 Å². The molecule has 2 aliphatic rings. The smallest absolute Gasteiger partial charge is 0.249 e. The number of nitrogens with zero attached hydrogens (tertiary/aromatic N) is 2. The maximum atomic E-state index is 13.1. The van der Waals surface area contributed by atoms with Crippen LogP contribution in [0.2, 0.25) is 0 Å². The molecule has 0 bridgehead atoms. The van der Waals surface area contributed by atoms with Gasteiger partial charge in [-0.3, -0.25) is 9.59 Å². The molecule has 2 amide bonds. The second kappa shape index (κ2) is 5.94. The van der Waals surface area contributed by atoms with E-state index < -0.39 is 11.8 Å². The zero-order chi connectivity index (χ0) is 16.6. The van der Waals surface area contributed by atoms with Gasteiger partial charge in [-0.25, -0.2) is 8.78 Å². The standard InChI is InChI=1S/C16H21F2N3O2/c1-19-14(22)5-11-8-20-4-2-3-13(20)10-21(9-11)15(23)12-6-16(17,18)7-12/h2-4,11-12H,5-10H2,1H3,(H,19,22). The Bertz CT molecular complexity index is 606. The molecule has 2 heterocycles. The van der Waals surface area contributed by atoms with E-state index in [4.69, 9.17) is 0 Å². The summed E-state index contributed by atoms with van der Waals surface area (Å²) in [5, 5.41) is 2.60. The lowest BCUT2D eigenvalue weighted by atomic mass is 9.80. The van der Waals surface area contributed by atoms with Crippen LogP contribution in [0.4, 0.5) is 8.78 Å². The first kappa shape index (κ1) is 16.0. The number of carbonyl (C=O) groups excluding carboxylic acids is 2. The van der Waals surface area contributed by atoms with Crippen molar-refractivity contribution in [2.45, 2.75) is 38.3 Å². The number of fused-ring (bicyclic) bond motifs is 1. The van der Waals surface area contributed by atoms with Crippen molar-refractivity contribution < 1.29 is 18.4 Å². The summed E-state index contributed by atoms with van der Waals surface area (Å²) in [5.74, 6) is -3.60. The summed E-state index contributed by atoms with van der Waals surface area (Å²) < 4.78 is 28.1. The van der Waals surface area contributed by atoms with Gasteiger partial charge >= 0.3 is 0 Å². The van der Waals surface area contributed by atoms with E-state index in [0.717, 1.165) is 5.69 Å². The van der Waals surface area contributed by atoms with Crippen LogP contribution in [0.3, 0.4) is 0 Å². The summed E-state index contributed by atoms with van der Waals surface area (Å²) in [4.78, 5) is 25.9. The second-order valence-corrected chi connectivity index (χ2v) is 6.58. The summed E-state index contributed by atoms with van der Waals surface area (Å²) in [6.07, 6.45) is 1.53. The Labute approximate surface area is 133 Å². The van der Waals surface area contributed by atoms with Crippen molar-refractivity contribution in [1.29, 1.82) is 0 Å². The monoisotopic (exact) mass is 325 g/mol. The molecule has 1 atom stereocenters. The average Bonchev–Trinajstić information content (AvgIpc) is 2.82. The Morgan fingerprint density at radius 2 is 2.09 bits per heavy atom. The summed E-state index contributed by atoms with van der Waals surface area (Å²) in [5.41, 5.74) is 0.976. The van der Waals surface area contributed by atoms with Crippen LogP contribution in [0.15, 0.2) is 18.3 Å². The Balaban J connectivity index is 1.74. The molecule has 1 aliphatic heterocycles. The molecule has 1 saturated carbocycles. The van der Waals surface area contributed by atoms with Crippen LogP contribution in [-0.4, -0.2) is 40.8 Å². The minimum absolute atomic E-state index is 0.0202. The van der Waals surface area contributed by atoms with Gasteiger partial charge in [-0.2, -0.15) is 0 Å². The molecular weight excluding hydrogens is 304 g/mol. The van der Waals surface area contributed by atoms with Crippen LogP contribution in [-0.2, 0) is 22.7 Å². The van der Waals surface area contributed by atoms with Crippen LogP contribution in [0.25, 0.3) is 0 Å². The number of alkyl halides is 2. The van der Waals surface area contributed by atoms with Gasteiger partial charge in [0.25, 0.3) is 0 Å². The van der Waals surface area contributed by atoms with Gasteiger partial charge in [0.1, 0.15) is 0 Å². The molecule has 1 fully saturated rings. The Kier molecular flexibility index (Phi) is 4.12. The highest BCUT2D eigenvalue weighted by atomic mass is 19.3. The number of amides is 2. The van der Waals surface area contributed by atoms with Crippen molar-refractivity contribution in [2.75, 3.05) is 13.6 Å². The lowest BCUT2D eigenvalue weighted by molar-refractivity contribution is -0.161. The fraction of sp³-hybridized carbons (Fsp3) is 0.625. The highest BCUT2D eigenvalue weighted by molar-refractivity contribution is 5.80. The van der Waals surface area contributed by atoms with E-state index in [-0.39, 0.29) is 30.6 Å². The normalized spacial score (nSPS) is 23.6. The van der Waals surface area contributed by atoms with Crippen LogP contribution in [0, 0.1) is 11.8 Å². The fourth-order valence-corrected chi connectivity index (χ4v) is 3.43. The van der Waals surface area contributed by atoms with E-state index in [1.165, 1.54) is 0 Å².